The van der Waals surface area contributed by atoms with Crippen molar-refractivity contribution < 1.29 is 19.0 Å². The second kappa shape index (κ2) is 11.1. The third-order valence-corrected chi connectivity index (χ3v) is 6.40. The molecule has 1 amide bonds. The average molecular weight is 492 g/mol. The molecule has 0 aliphatic carbocycles. The summed E-state index contributed by atoms with van der Waals surface area (Å²) < 4.78 is 17.7. The second-order valence-corrected chi connectivity index (χ2v) is 9.42. The Hall–Kier alpha value is -2.22. The average Bonchev–Trinajstić information content (AvgIpc) is 3.00. The summed E-state index contributed by atoms with van der Waals surface area (Å²) in [7, 11) is 1.56. The van der Waals surface area contributed by atoms with E-state index in [4.69, 9.17) is 38.0 Å². The topological polar surface area (TPSA) is 48.0 Å². The first kappa shape index (κ1) is 24.4. The number of benzene rings is 2. The molecule has 0 radical (unpaired) electrons. The molecule has 0 saturated carbocycles. The molecule has 170 valence electrons. The lowest BCUT2D eigenvalue weighted by atomic mass is 10.1. The zero-order valence-electron chi connectivity index (χ0n) is 18.6. The van der Waals surface area contributed by atoms with Gasteiger partial charge in [-0.15, -0.1) is 0 Å². The molecule has 3 rings (SSSR count). The number of amides is 1. The maximum Gasteiger partial charge on any atom is 0.266 e. The van der Waals surface area contributed by atoms with Crippen LogP contribution in [0.3, 0.4) is 0 Å². The number of aryl methyl sites for hydroxylation is 2. The molecular weight excluding hydrogens is 466 g/mol. The predicted octanol–water partition coefficient (Wildman–Crippen LogP) is 6.03. The standard InChI is InChI=1S/C24H26ClNO4S2/c1-5-26-23(27)21(32-24(26)31)14-17-12-19(25)22(20(13-17)28-4)30-8-6-7-29-18-10-15(2)9-16(3)11-18/h9-14H,5-8H2,1-4H3. The zero-order valence-corrected chi connectivity index (χ0v) is 21.0. The van der Waals surface area contributed by atoms with Crippen molar-refractivity contribution >= 4 is 51.9 Å². The quantitative estimate of drug-likeness (QED) is 0.242. The minimum atomic E-state index is -0.0956. The molecule has 5 nitrogen and oxygen atoms in total. The summed E-state index contributed by atoms with van der Waals surface area (Å²) in [6.07, 6.45) is 2.46. The van der Waals surface area contributed by atoms with Gasteiger partial charge >= 0.3 is 0 Å². The highest BCUT2D eigenvalue weighted by molar-refractivity contribution is 8.26. The molecule has 0 unspecified atom stereocenters. The fraction of sp³-hybridized carbons (Fsp3) is 0.333. The van der Waals surface area contributed by atoms with E-state index in [0.717, 1.165) is 11.3 Å². The Bertz CT molecular complexity index is 1030. The van der Waals surface area contributed by atoms with Crippen LogP contribution < -0.4 is 14.2 Å². The molecular formula is C24H26ClNO4S2. The van der Waals surface area contributed by atoms with Crippen molar-refractivity contribution in [1.29, 1.82) is 0 Å². The summed E-state index contributed by atoms with van der Waals surface area (Å²) in [5.74, 6) is 1.74. The Labute approximate surface area is 203 Å². The Morgan fingerprint density at radius 1 is 1.09 bits per heavy atom. The van der Waals surface area contributed by atoms with Crippen LogP contribution in [-0.4, -0.2) is 42.0 Å². The fourth-order valence-electron chi connectivity index (χ4n) is 3.33. The monoisotopic (exact) mass is 491 g/mol. The van der Waals surface area contributed by atoms with Crippen LogP contribution in [0.15, 0.2) is 35.2 Å². The number of thioether (sulfide) groups is 1. The Morgan fingerprint density at radius 3 is 2.41 bits per heavy atom. The molecule has 2 aromatic carbocycles. The van der Waals surface area contributed by atoms with Gasteiger partial charge in [-0.1, -0.05) is 41.6 Å². The summed E-state index contributed by atoms with van der Waals surface area (Å²) in [6.45, 7) is 7.49. The van der Waals surface area contributed by atoms with Crippen molar-refractivity contribution in [2.45, 2.75) is 27.2 Å². The molecule has 0 atom stereocenters. The SMILES string of the molecule is CCN1C(=O)C(=Cc2cc(Cl)c(OCCCOc3cc(C)cc(C)c3)c(OC)c2)SC1=S. The number of thiocarbonyl (C=S) groups is 1. The van der Waals surface area contributed by atoms with E-state index in [9.17, 15) is 4.79 Å². The van der Waals surface area contributed by atoms with Gasteiger partial charge in [0, 0.05) is 13.0 Å². The Morgan fingerprint density at radius 2 is 1.78 bits per heavy atom. The number of ether oxygens (including phenoxy) is 3. The van der Waals surface area contributed by atoms with Gasteiger partial charge in [0.1, 0.15) is 10.1 Å². The van der Waals surface area contributed by atoms with E-state index >= 15 is 0 Å². The number of likely N-dealkylation sites (N-methyl/N-ethyl adjacent to an activating group) is 1. The molecule has 0 spiro atoms. The normalized spacial score (nSPS) is 14.9. The van der Waals surface area contributed by atoms with Gasteiger partial charge in [-0.05, 0) is 67.8 Å². The summed E-state index contributed by atoms with van der Waals surface area (Å²) >= 11 is 13.0. The molecule has 2 aromatic rings. The first-order valence-electron chi connectivity index (χ1n) is 10.3. The molecule has 1 fully saturated rings. The van der Waals surface area contributed by atoms with Crippen LogP contribution in [0.2, 0.25) is 5.02 Å². The molecule has 0 aromatic heterocycles. The van der Waals surface area contributed by atoms with E-state index in [0.29, 0.717) is 51.9 Å². The lowest BCUT2D eigenvalue weighted by Crippen LogP contribution is -2.27. The molecule has 1 aliphatic rings. The van der Waals surface area contributed by atoms with Crippen molar-refractivity contribution in [2.24, 2.45) is 0 Å². The number of carbonyl (C=O) groups excluding carboxylic acids is 1. The van der Waals surface area contributed by atoms with Crippen molar-refractivity contribution in [3.05, 3.63) is 56.9 Å². The largest absolute Gasteiger partial charge is 0.493 e. The van der Waals surface area contributed by atoms with Gasteiger partial charge in [-0.25, -0.2) is 0 Å². The van der Waals surface area contributed by atoms with Crippen LogP contribution in [0.25, 0.3) is 6.08 Å². The number of halogens is 1. The number of methoxy groups -OCH3 is 1. The Kier molecular flexibility index (Phi) is 8.45. The maximum atomic E-state index is 12.4. The van der Waals surface area contributed by atoms with E-state index in [-0.39, 0.29) is 5.91 Å². The van der Waals surface area contributed by atoms with Gasteiger partial charge in [0.25, 0.3) is 5.91 Å². The van der Waals surface area contributed by atoms with E-state index in [1.165, 1.54) is 22.9 Å². The number of hydrogen-bond acceptors (Lipinski definition) is 6. The highest BCUT2D eigenvalue weighted by atomic mass is 35.5. The van der Waals surface area contributed by atoms with Crippen LogP contribution in [-0.2, 0) is 4.79 Å². The molecule has 1 heterocycles. The van der Waals surface area contributed by atoms with Crippen LogP contribution in [0.4, 0.5) is 0 Å². The van der Waals surface area contributed by atoms with Crippen molar-refractivity contribution in [3.63, 3.8) is 0 Å². The van der Waals surface area contributed by atoms with Crippen LogP contribution >= 0.6 is 35.6 Å². The molecule has 8 heteroatoms. The number of carbonyl (C=O) groups is 1. The third kappa shape index (κ3) is 5.97. The molecule has 0 bridgehead atoms. The summed E-state index contributed by atoms with van der Waals surface area (Å²) in [6, 6.07) is 9.69. The number of rotatable bonds is 9. The Balaban J connectivity index is 1.62. The maximum absolute atomic E-state index is 12.4. The van der Waals surface area contributed by atoms with Crippen molar-refractivity contribution in [3.8, 4) is 17.2 Å². The van der Waals surface area contributed by atoms with E-state index < -0.39 is 0 Å². The van der Waals surface area contributed by atoms with Crippen molar-refractivity contribution in [2.75, 3.05) is 26.9 Å². The van der Waals surface area contributed by atoms with E-state index in [1.54, 1.807) is 30.2 Å². The first-order chi connectivity index (χ1) is 15.3. The zero-order chi connectivity index (χ0) is 23.3. The summed E-state index contributed by atoms with van der Waals surface area (Å²) in [5, 5.41) is 0.414. The van der Waals surface area contributed by atoms with Crippen molar-refractivity contribution in [1.82, 2.24) is 4.90 Å². The number of hydrogen-bond donors (Lipinski definition) is 0. The highest BCUT2D eigenvalue weighted by Crippen LogP contribution is 2.39. The first-order valence-corrected chi connectivity index (χ1v) is 11.9. The van der Waals surface area contributed by atoms with E-state index in [1.807, 2.05) is 32.9 Å². The van der Waals surface area contributed by atoms with Crippen LogP contribution in [0.5, 0.6) is 17.2 Å². The molecule has 0 N–H and O–H groups in total. The van der Waals surface area contributed by atoms with Gasteiger partial charge in [0.05, 0.1) is 30.3 Å². The van der Waals surface area contributed by atoms with Gasteiger partial charge in [0.2, 0.25) is 0 Å². The minimum Gasteiger partial charge on any atom is -0.493 e. The number of nitrogens with zero attached hydrogens (tertiary/aromatic N) is 1. The van der Waals surface area contributed by atoms with Gasteiger partial charge < -0.3 is 14.2 Å². The van der Waals surface area contributed by atoms with Crippen LogP contribution in [0, 0.1) is 13.8 Å². The third-order valence-electron chi connectivity index (χ3n) is 4.74. The molecule has 32 heavy (non-hydrogen) atoms. The van der Waals surface area contributed by atoms with Gasteiger partial charge in [-0.2, -0.15) is 0 Å². The second-order valence-electron chi connectivity index (χ2n) is 7.33. The lowest BCUT2D eigenvalue weighted by Gasteiger charge is -2.14. The lowest BCUT2D eigenvalue weighted by molar-refractivity contribution is -0.121. The predicted molar refractivity (Wildman–Crippen MR) is 135 cm³/mol. The van der Waals surface area contributed by atoms with Gasteiger partial charge in [-0.3, -0.25) is 9.69 Å². The van der Waals surface area contributed by atoms with Crippen LogP contribution in [0.1, 0.15) is 30.0 Å². The summed E-state index contributed by atoms with van der Waals surface area (Å²) in [4.78, 5) is 14.6. The molecule has 1 saturated heterocycles. The minimum absolute atomic E-state index is 0.0956. The van der Waals surface area contributed by atoms with Gasteiger partial charge in [0.15, 0.2) is 11.5 Å². The summed E-state index contributed by atoms with van der Waals surface area (Å²) in [5.41, 5.74) is 3.09. The molecule has 1 aliphatic heterocycles. The highest BCUT2D eigenvalue weighted by Gasteiger charge is 2.30. The smallest absolute Gasteiger partial charge is 0.266 e. The fourth-order valence-corrected chi connectivity index (χ4v) is 4.98. The van der Waals surface area contributed by atoms with E-state index in [2.05, 4.69) is 6.07 Å².